The summed E-state index contributed by atoms with van der Waals surface area (Å²) in [4.78, 5) is 14.4. The van der Waals surface area contributed by atoms with Gasteiger partial charge < -0.3 is 15.4 Å². The molecule has 0 radical (unpaired) electrons. The molecule has 9 heteroatoms. The van der Waals surface area contributed by atoms with Gasteiger partial charge in [0, 0.05) is 38.3 Å². The predicted octanol–water partition coefficient (Wildman–Crippen LogP) is 1.11. The molecule has 1 heterocycles. The molecular formula is C17H28ClN3O4S. The second kappa shape index (κ2) is 9.66. The summed E-state index contributed by atoms with van der Waals surface area (Å²) < 4.78 is 32.7. The van der Waals surface area contributed by atoms with Crippen molar-refractivity contribution in [2.45, 2.75) is 31.2 Å². The summed E-state index contributed by atoms with van der Waals surface area (Å²) in [6, 6.07) is 4.77. The summed E-state index contributed by atoms with van der Waals surface area (Å²) in [5, 5.41) is 0. The molecule has 2 rings (SSSR count). The molecule has 26 heavy (non-hydrogen) atoms. The zero-order valence-corrected chi connectivity index (χ0v) is 17.1. The second-order valence-corrected chi connectivity index (χ2v) is 8.10. The zero-order chi connectivity index (χ0) is 18.6. The van der Waals surface area contributed by atoms with Crippen LogP contribution in [0, 0.1) is 0 Å². The Balaban J connectivity index is 0.00000338. The molecule has 1 saturated heterocycles. The summed E-state index contributed by atoms with van der Waals surface area (Å²) in [5.74, 6) is -0.237. The van der Waals surface area contributed by atoms with Gasteiger partial charge in [0.05, 0.1) is 18.1 Å². The first kappa shape index (κ1) is 22.9. The van der Waals surface area contributed by atoms with Crippen LogP contribution < -0.4 is 5.73 Å². The smallest absolute Gasteiger partial charge is 0.253 e. The molecule has 1 amide bonds. The average molecular weight is 406 g/mol. The first-order chi connectivity index (χ1) is 11.8. The molecule has 1 aromatic carbocycles. The number of carbonyl (C=O) groups excluding carboxylic acids is 1. The van der Waals surface area contributed by atoms with Crippen molar-refractivity contribution in [2.75, 3.05) is 39.9 Å². The highest BCUT2D eigenvalue weighted by Crippen LogP contribution is 2.24. The number of ether oxygens (including phenoxy) is 1. The Hall–Kier alpha value is -1.19. The number of hydrogen-bond donors (Lipinski definition) is 1. The number of nitrogens with two attached hydrogens (primary N) is 1. The molecule has 1 atom stereocenters. The molecule has 148 valence electrons. The summed E-state index contributed by atoms with van der Waals surface area (Å²) in [7, 11) is -1.98. The number of likely N-dealkylation sites (N-methyl/N-ethyl adjacent to an activating group) is 1. The largest absolute Gasteiger partial charge is 0.379 e. The first-order valence-electron chi connectivity index (χ1n) is 8.51. The average Bonchev–Trinajstić information content (AvgIpc) is 2.66. The minimum atomic E-state index is -3.65. The Kier molecular flexibility index (Phi) is 8.49. The SMILES string of the molecule is CCc1ccc(C(=O)N(C)C(C)CN)cc1S(=O)(=O)N1CCOCC1.Cl. The maximum absolute atomic E-state index is 13.0. The Bertz CT molecular complexity index is 721. The highest BCUT2D eigenvalue weighted by Gasteiger charge is 2.29. The van der Waals surface area contributed by atoms with E-state index in [2.05, 4.69) is 0 Å². The molecule has 1 aliphatic rings. The van der Waals surface area contributed by atoms with E-state index in [1.165, 1.54) is 15.3 Å². The Morgan fingerprint density at radius 1 is 1.35 bits per heavy atom. The summed E-state index contributed by atoms with van der Waals surface area (Å²) >= 11 is 0. The number of aryl methyl sites for hydroxylation is 1. The standard InChI is InChI=1S/C17H27N3O4S.ClH/c1-4-14-5-6-15(17(21)19(3)13(2)12-18)11-16(14)25(22,23)20-7-9-24-10-8-20;/h5-6,11,13H,4,7-10,12,18H2,1-3H3;1H. The fourth-order valence-electron chi connectivity index (χ4n) is 2.71. The number of halogens is 1. The molecule has 0 bridgehead atoms. The van der Waals surface area contributed by atoms with Gasteiger partial charge in [-0.05, 0) is 31.0 Å². The van der Waals surface area contributed by atoms with Gasteiger partial charge in [-0.25, -0.2) is 8.42 Å². The Morgan fingerprint density at radius 2 is 1.96 bits per heavy atom. The van der Waals surface area contributed by atoms with Crippen LogP contribution in [-0.2, 0) is 21.2 Å². The van der Waals surface area contributed by atoms with E-state index in [-0.39, 0.29) is 29.3 Å². The number of sulfonamides is 1. The van der Waals surface area contributed by atoms with Crippen LogP contribution in [0.25, 0.3) is 0 Å². The van der Waals surface area contributed by atoms with Crippen molar-refractivity contribution in [1.29, 1.82) is 0 Å². The van der Waals surface area contributed by atoms with E-state index in [9.17, 15) is 13.2 Å². The first-order valence-corrected chi connectivity index (χ1v) is 9.95. The molecule has 1 aliphatic heterocycles. The topological polar surface area (TPSA) is 92.9 Å². The maximum Gasteiger partial charge on any atom is 0.253 e. The van der Waals surface area contributed by atoms with E-state index in [0.717, 1.165) is 0 Å². The van der Waals surface area contributed by atoms with Crippen molar-refractivity contribution >= 4 is 28.3 Å². The number of nitrogens with zero attached hydrogens (tertiary/aromatic N) is 2. The Morgan fingerprint density at radius 3 is 2.50 bits per heavy atom. The molecular weight excluding hydrogens is 378 g/mol. The van der Waals surface area contributed by atoms with Gasteiger partial charge in [-0.15, -0.1) is 12.4 Å². The van der Waals surface area contributed by atoms with Gasteiger partial charge in [-0.1, -0.05) is 13.0 Å². The highest BCUT2D eigenvalue weighted by molar-refractivity contribution is 7.89. The molecule has 0 spiro atoms. The van der Waals surface area contributed by atoms with Crippen molar-refractivity contribution in [2.24, 2.45) is 5.73 Å². The molecule has 0 aromatic heterocycles. The van der Waals surface area contributed by atoms with E-state index in [1.54, 1.807) is 19.2 Å². The number of morpholine rings is 1. The van der Waals surface area contributed by atoms with Crippen molar-refractivity contribution in [3.63, 3.8) is 0 Å². The molecule has 0 aliphatic carbocycles. The van der Waals surface area contributed by atoms with E-state index in [1.807, 2.05) is 13.8 Å². The van der Waals surface area contributed by atoms with Crippen LogP contribution in [0.2, 0.25) is 0 Å². The van der Waals surface area contributed by atoms with Gasteiger partial charge in [0.2, 0.25) is 10.0 Å². The number of rotatable bonds is 6. The maximum atomic E-state index is 13.0. The fourth-order valence-corrected chi connectivity index (χ4v) is 4.44. The number of carbonyl (C=O) groups is 1. The third kappa shape index (κ3) is 4.75. The lowest BCUT2D eigenvalue weighted by atomic mass is 10.1. The fraction of sp³-hybridized carbons (Fsp3) is 0.588. The lowest BCUT2D eigenvalue weighted by Gasteiger charge is -2.27. The highest BCUT2D eigenvalue weighted by atomic mass is 35.5. The Labute approximate surface area is 161 Å². The van der Waals surface area contributed by atoms with Crippen LogP contribution in [0.5, 0.6) is 0 Å². The predicted molar refractivity (Wildman–Crippen MR) is 103 cm³/mol. The van der Waals surface area contributed by atoms with Gasteiger partial charge in [0.1, 0.15) is 0 Å². The third-order valence-corrected chi connectivity index (χ3v) is 6.59. The zero-order valence-electron chi connectivity index (χ0n) is 15.5. The second-order valence-electron chi connectivity index (χ2n) is 6.19. The number of benzene rings is 1. The van der Waals surface area contributed by atoms with E-state index < -0.39 is 10.0 Å². The van der Waals surface area contributed by atoms with Crippen molar-refractivity contribution < 1.29 is 17.9 Å². The van der Waals surface area contributed by atoms with Crippen LogP contribution in [0.1, 0.15) is 29.8 Å². The van der Waals surface area contributed by atoms with Gasteiger partial charge in [-0.2, -0.15) is 4.31 Å². The number of amides is 1. The van der Waals surface area contributed by atoms with Crippen molar-refractivity contribution in [3.8, 4) is 0 Å². The minimum Gasteiger partial charge on any atom is -0.379 e. The molecule has 1 fully saturated rings. The van der Waals surface area contributed by atoms with E-state index in [0.29, 0.717) is 50.4 Å². The minimum absolute atomic E-state index is 0. The van der Waals surface area contributed by atoms with Crippen LogP contribution in [0.15, 0.2) is 23.1 Å². The van der Waals surface area contributed by atoms with Crippen molar-refractivity contribution in [1.82, 2.24) is 9.21 Å². The van der Waals surface area contributed by atoms with E-state index >= 15 is 0 Å². The molecule has 1 unspecified atom stereocenters. The van der Waals surface area contributed by atoms with Gasteiger partial charge >= 0.3 is 0 Å². The van der Waals surface area contributed by atoms with Crippen molar-refractivity contribution in [3.05, 3.63) is 29.3 Å². The quantitative estimate of drug-likeness (QED) is 0.765. The molecule has 2 N–H and O–H groups in total. The van der Waals surface area contributed by atoms with Gasteiger partial charge in [-0.3, -0.25) is 4.79 Å². The van der Waals surface area contributed by atoms with Gasteiger partial charge in [0.15, 0.2) is 0 Å². The third-order valence-electron chi connectivity index (χ3n) is 4.61. The van der Waals surface area contributed by atoms with Crippen LogP contribution in [-0.4, -0.2) is 69.5 Å². The summed E-state index contributed by atoms with van der Waals surface area (Å²) in [5.41, 5.74) is 6.68. The van der Waals surface area contributed by atoms with Crippen LogP contribution in [0.4, 0.5) is 0 Å². The number of hydrogen-bond acceptors (Lipinski definition) is 5. The van der Waals surface area contributed by atoms with Crippen LogP contribution >= 0.6 is 12.4 Å². The van der Waals surface area contributed by atoms with Crippen LogP contribution in [0.3, 0.4) is 0 Å². The lowest BCUT2D eigenvalue weighted by molar-refractivity contribution is 0.0729. The van der Waals surface area contributed by atoms with Gasteiger partial charge in [0.25, 0.3) is 5.91 Å². The molecule has 7 nitrogen and oxygen atoms in total. The summed E-state index contributed by atoms with van der Waals surface area (Å²) in [6.45, 7) is 5.52. The lowest BCUT2D eigenvalue weighted by Crippen LogP contribution is -2.41. The normalized spacial score (nSPS) is 16.6. The molecule has 1 aromatic rings. The molecule has 0 saturated carbocycles. The summed E-state index contributed by atoms with van der Waals surface area (Å²) in [6.07, 6.45) is 0.572. The van der Waals surface area contributed by atoms with E-state index in [4.69, 9.17) is 10.5 Å². The monoisotopic (exact) mass is 405 g/mol.